The highest BCUT2D eigenvalue weighted by Crippen LogP contribution is 1.93. The third-order valence-corrected chi connectivity index (χ3v) is 1.45. The van der Waals surface area contributed by atoms with E-state index in [1.54, 1.807) is 0 Å². The first-order chi connectivity index (χ1) is 4.57. The number of carbonyl (C=O) groups excluding carboxylic acids is 2. The van der Waals surface area contributed by atoms with Gasteiger partial charge in [-0.2, -0.15) is 0 Å². The van der Waals surface area contributed by atoms with Crippen molar-refractivity contribution in [3.8, 4) is 0 Å². The average molecular weight is 182 g/mol. The topological polar surface area (TPSA) is 46.2 Å². The lowest BCUT2D eigenvalue weighted by atomic mass is 10.4. The van der Waals surface area contributed by atoms with Crippen LogP contribution >= 0.6 is 24.2 Å². The summed E-state index contributed by atoms with van der Waals surface area (Å²) in [7, 11) is 0. The summed E-state index contributed by atoms with van der Waals surface area (Å²) in [6, 6.07) is -0.664. The summed E-state index contributed by atoms with van der Waals surface area (Å²) >= 11 is 8.83. The number of nitrogens with one attached hydrogen (secondary N) is 1. The van der Waals surface area contributed by atoms with Crippen molar-refractivity contribution in [1.29, 1.82) is 0 Å². The van der Waals surface area contributed by atoms with Gasteiger partial charge in [0.25, 0.3) is 0 Å². The Balaban J connectivity index is 3.83. The van der Waals surface area contributed by atoms with E-state index in [0.29, 0.717) is 0 Å². The maximum Gasteiger partial charge on any atom is 0.217 e. The average Bonchev–Trinajstić information content (AvgIpc) is 1.81. The minimum atomic E-state index is -0.664. The van der Waals surface area contributed by atoms with Gasteiger partial charge in [0.1, 0.15) is 6.04 Å². The van der Waals surface area contributed by atoms with Crippen LogP contribution in [0.2, 0.25) is 0 Å². The molecule has 0 spiro atoms. The highest BCUT2D eigenvalue weighted by atomic mass is 35.5. The van der Waals surface area contributed by atoms with E-state index < -0.39 is 11.2 Å². The van der Waals surface area contributed by atoms with Crippen molar-refractivity contribution >= 4 is 35.3 Å². The van der Waals surface area contributed by atoms with E-state index in [1.165, 1.54) is 6.92 Å². The number of thiol groups is 1. The van der Waals surface area contributed by atoms with Crippen LogP contribution in [0.5, 0.6) is 0 Å². The summed E-state index contributed by atoms with van der Waals surface area (Å²) in [5.41, 5.74) is 0. The lowest BCUT2D eigenvalue weighted by Gasteiger charge is -2.08. The van der Waals surface area contributed by atoms with Crippen LogP contribution in [0.3, 0.4) is 0 Å². The van der Waals surface area contributed by atoms with Crippen LogP contribution in [0.25, 0.3) is 0 Å². The third kappa shape index (κ3) is 3.74. The SMILES string of the molecule is CC(=O)N[C@@H](CCl)C(=O)S. The van der Waals surface area contributed by atoms with Gasteiger partial charge in [-0.3, -0.25) is 9.59 Å². The molecule has 0 aliphatic rings. The molecular formula is C5H8ClNO2S. The van der Waals surface area contributed by atoms with Crippen molar-refractivity contribution in [2.24, 2.45) is 0 Å². The second-order valence-corrected chi connectivity index (χ2v) is 2.50. The first kappa shape index (κ1) is 9.78. The van der Waals surface area contributed by atoms with Gasteiger partial charge < -0.3 is 5.32 Å². The van der Waals surface area contributed by atoms with E-state index in [2.05, 4.69) is 17.9 Å². The molecule has 0 aromatic rings. The Morgan fingerprint density at radius 2 is 2.20 bits per heavy atom. The molecule has 0 saturated heterocycles. The lowest BCUT2D eigenvalue weighted by Crippen LogP contribution is -2.38. The summed E-state index contributed by atoms with van der Waals surface area (Å²) in [4.78, 5) is 20.8. The van der Waals surface area contributed by atoms with E-state index in [9.17, 15) is 9.59 Å². The van der Waals surface area contributed by atoms with Gasteiger partial charge in [0.05, 0.1) is 5.88 Å². The van der Waals surface area contributed by atoms with Crippen molar-refractivity contribution in [1.82, 2.24) is 5.32 Å². The largest absolute Gasteiger partial charge is 0.344 e. The number of amides is 1. The molecule has 1 N–H and O–H groups in total. The Labute approximate surface area is 69.5 Å². The summed E-state index contributed by atoms with van der Waals surface area (Å²) < 4.78 is 0. The Morgan fingerprint density at radius 3 is 2.30 bits per heavy atom. The van der Waals surface area contributed by atoms with Gasteiger partial charge in [0, 0.05) is 6.92 Å². The van der Waals surface area contributed by atoms with E-state index in [4.69, 9.17) is 11.6 Å². The summed E-state index contributed by atoms with van der Waals surface area (Å²) in [5, 5.41) is 1.91. The predicted molar refractivity (Wildman–Crippen MR) is 42.3 cm³/mol. The fourth-order valence-corrected chi connectivity index (χ4v) is 0.892. The molecule has 1 atom stereocenters. The number of halogens is 1. The first-order valence-corrected chi connectivity index (χ1v) is 3.62. The third-order valence-electron chi connectivity index (χ3n) is 0.830. The minimum Gasteiger partial charge on any atom is -0.344 e. The number of hydrogen-bond acceptors (Lipinski definition) is 2. The number of rotatable bonds is 3. The molecule has 0 heterocycles. The molecule has 0 unspecified atom stereocenters. The molecule has 0 aliphatic carbocycles. The molecular weight excluding hydrogens is 174 g/mol. The fraction of sp³-hybridized carbons (Fsp3) is 0.600. The number of alkyl halides is 1. The Morgan fingerprint density at radius 1 is 1.70 bits per heavy atom. The molecule has 0 aromatic carbocycles. The van der Waals surface area contributed by atoms with Crippen LogP contribution in [0, 0.1) is 0 Å². The molecule has 0 rings (SSSR count). The lowest BCUT2D eigenvalue weighted by molar-refractivity contribution is -0.122. The van der Waals surface area contributed by atoms with Crippen molar-refractivity contribution in [2.75, 3.05) is 5.88 Å². The van der Waals surface area contributed by atoms with Crippen molar-refractivity contribution in [3.05, 3.63) is 0 Å². The molecule has 3 nitrogen and oxygen atoms in total. The van der Waals surface area contributed by atoms with E-state index in [1.807, 2.05) is 0 Å². The van der Waals surface area contributed by atoms with Gasteiger partial charge in [-0.05, 0) is 0 Å². The molecule has 1 amide bonds. The van der Waals surface area contributed by atoms with Crippen LogP contribution in [-0.4, -0.2) is 22.9 Å². The molecule has 58 valence electrons. The van der Waals surface area contributed by atoms with Gasteiger partial charge in [-0.1, -0.05) is 0 Å². The smallest absolute Gasteiger partial charge is 0.217 e. The van der Waals surface area contributed by atoms with Crippen molar-refractivity contribution in [3.63, 3.8) is 0 Å². The van der Waals surface area contributed by atoms with Gasteiger partial charge in [0.15, 0.2) is 0 Å². The standard InChI is InChI=1S/C5H8ClNO2S/c1-3(8)7-4(2-6)5(9)10/h4H,2H2,1H3,(H,7,8)(H,9,10)/t4-/m0/s1. The second-order valence-electron chi connectivity index (χ2n) is 1.75. The second kappa shape index (κ2) is 4.57. The summed E-state index contributed by atoms with van der Waals surface area (Å²) in [6.45, 7) is 1.32. The molecule has 0 saturated carbocycles. The predicted octanol–water partition coefficient (Wildman–Crippen LogP) is 0.186. The molecule has 0 bridgehead atoms. The monoisotopic (exact) mass is 181 g/mol. The van der Waals surface area contributed by atoms with Gasteiger partial charge in [0.2, 0.25) is 11.0 Å². The minimum absolute atomic E-state index is 0.0575. The van der Waals surface area contributed by atoms with Gasteiger partial charge >= 0.3 is 0 Å². The zero-order chi connectivity index (χ0) is 8.15. The maximum absolute atomic E-state index is 10.5. The first-order valence-electron chi connectivity index (χ1n) is 2.63. The summed E-state index contributed by atoms with van der Waals surface area (Å²) in [5.74, 6) is -0.227. The van der Waals surface area contributed by atoms with Crippen LogP contribution < -0.4 is 5.32 Å². The van der Waals surface area contributed by atoms with E-state index in [-0.39, 0.29) is 11.8 Å². The summed E-state index contributed by atoms with van der Waals surface area (Å²) in [6.07, 6.45) is 0. The Kier molecular flexibility index (Phi) is 4.47. The maximum atomic E-state index is 10.5. The fourth-order valence-electron chi connectivity index (χ4n) is 0.412. The van der Waals surface area contributed by atoms with Gasteiger partial charge in [-0.25, -0.2) is 0 Å². The number of hydrogen-bond donors (Lipinski definition) is 2. The zero-order valence-electron chi connectivity index (χ0n) is 5.43. The molecule has 0 radical (unpaired) electrons. The van der Waals surface area contributed by atoms with Crippen molar-refractivity contribution in [2.45, 2.75) is 13.0 Å². The highest BCUT2D eigenvalue weighted by Gasteiger charge is 2.13. The molecule has 0 aromatic heterocycles. The van der Waals surface area contributed by atoms with E-state index >= 15 is 0 Å². The van der Waals surface area contributed by atoms with E-state index in [0.717, 1.165) is 0 Å². The van der Waals surface area contributed by atoms with Crippen LogP contribution in [0.4, 0.5) is 0 Å². The zero-order valence-corrected chi connectivity index (χ0v) is 7.08. The normalized spacial score (nSPS) is 12.3. The van der Waals surface area contributed by atoms with Gasteiger partial charge in [-0.15, -0.1) is 24.2 Å². The molecule has 0 aliphatic heterocycles. The Hall–Kier alpha value is -0.220. The molecule has 10 heavy (non-hydrogen) atoms. The van der Waals surface area contributed by atoms with Crippen LogP contribution in [0.15, 0.2) is 0 Å². The molecule has 5 heteroatoms. The highest BCUT2D eigenvalue weighted by molar-refractivity contribution is 7.96. The van der Waals surface area contributed by atoms with Crippen molar-refractivity contribution < 1.29 is 9.59 Å². The van der Waals surface area contributed by atoms with Crippen LogP contribution in [-0.2, 0) is 9.59 Å². The number of carbonyl (C=O) groups is 2. The quantitative estimate of drug-likeness (QED) is 0.482. The van der Waals surface area contributed by atoms with Crippen LogP contribution in [0.1, 0.15) is 6.92 Å². The Bertz CT molecular complexity index is 151. The molecule has 0 fully saturated rings.